The molecule has 2 atom stereocenters. The summed E-state index contributed by atoms with van der Waals surface area (Å²) < 4.78 is 0. The predicted molar refractivity (Wildman–Crippen MR) is 88.9 cm³/mol. The Bertz CT molecular complexity index is 894. The van der Waals surface area contributed by atoms with E-state index in [2.05, 4.69) is 18.2 Å². The van der Waals surface area contributed by atoms with Crippen LogP contribution in [0.2, 0.25) is 0 Å². The number of benzene rings is 2. The third-order valence-electron chi connectivity index (χ3n) is 4.62. The van der Waals surface area contributed by atoms with E-state index in [0.717, 1.165) is 11.1 Å². The highest BCUT2D eigenvalue weighted by Gasteiger charge is 2.55. The summed E-state index contributed by atoms with van der Waals surface area (Å²) >= 11 is 0. The van der Waals surface area contributed by atoms with Crippen LogP contribution in [0.1, 0.15) is 23.0 Å². The van der Waals surface area contributed by atoms with Crippen molar-refractivity contribution >= 4 is 0 Å². The molecule has 2 N–H and O–H groups in total. The Kier molecular flexibility index (Phi) is 3.78. The van der Waals surface area contributed by atoms with Gasteiger partial charge in [0.25, 0.3) is 0 Å². The minimum absolute atomic E-state index is 0.0673. The number of hydrogen-bond acceptors (Lipinski definition) is 4. The van der Waals surface area contributed by atoms with Gasteiger partial charge in [-0.3, -0.25) is 0 Å². The predicted octanol–water partition coefficient (Wildman–Crippen LogP) is 3.34. The third kappa shape index (κ3) is 2.04. The Morgan fingerprint density at radius 2 is 1.29 bits per heavy atom. The Hall–Kier alpha value is -3.55. The Morgan fingerprint density at radius 1 is 0.792 bits per heavy atom. The fraction of sp³-hybridized carbons (Fsp3) is 0.150. The van der Waals surface area contributed by atoms with E-state index in [1.807, 2.05) is 60.7 Å². The molecule has 0 fully saturated rings. The molecule has 0 aromatic heterocycles. The molecule has 24 heavy (non-hydrogen) atoms. The van der Waals surface area contributed by atoms with Crippen molar-refractivity contribution in [1.82, 2.24) is 0 Å². The van der Waals surface area contributed by atoms with E-state index in [0.29, 0.717) is 5.57 Å². The van der Waals surface area contributed by atoms with Crippen LogP contribution in [0.15, 0.2) is 71.9 Å². The fourth-order valence-corrected chi connectivity index (χ4v) is 3.50. The van der Waals surface area contributed by atoms with Crippen LogP contribution in [0.3, 0.4) is 0 Å². The quantitative estimate of drug-likeness (QED) is 0.919. The van der Waals surface area contributed by atoms with Crippen LogP contribution in [0, 0.1) is 39.4 Å². The van der Waals surface area contributed by atoms with Gasteiger partial charge in [0.05, 0.1) is 29.5 Å². The van der Waals surface area contributed by atoms with Crippen LogP contribution < -0.4 is 5.73 Å². The number of hydrogen-bond donors (Lipinski definition) is 1. The summed E-state index contributed by atoms with van der Waals surface area (Å²) in [5, 5.41) is 29.3. The fourth-order valence-electron chi connectivity index (χ4n) is 3.50. The first-order chi connectivity index (χ1) is 11.7. The Labute approximate surface area is 140 Å². The molecule has 1 aliphatic rings. The van der Waals surface area contributed by atoms with E-state index in [4.69, 9.17) is 5.73 Å². The van der Waals surface area contributed by atoms with Gasteiger partial charge in [-0.25, -0.2) is 0 Å². The second-order valence-electron chi connectivity index (χ2n) is 5.75. The van der Waals surface area contributed by atoms with Gasteiger partial charge in [0, 0.05) is 11.8 Å². The topological polar surface area (TPSA) is 97.4 Å². The van der Waals surface area contributed by atoms with Gasteiger partial charge in [-0.1, -0.05) is 60.7 Å². The lowest BCUT2D eigenvalue weighted by atomic mass is 9.70. The van der Waals surface area contributed by atoms with Gasteiger partial charge >= 0.3 is 0 Å². The van der Waals surface area contributed by atoms with Crippen molar-refractivity contribution in [3.05, 3.63) is 83.1 Å². The van der Waals surface area contributed by atoms with Crippen LogP contribution in [0.5, 0.6) is 0 Å². The van der Waals surface area contributed by atoms with E-state index in [1.54, 1.807) is 0 Å². The van der Waals surface area contributed by atoms with Gasteiger partial charge in [0.1, 0.15) is 0 Å². The van der Waals surface area contributed by atoms with Crippen molar-refractivity contribution in [2.75, 3.05) is 0 Å². The largest absolute Gasteiger partial charge is 0.399 e. The maximum absolute atomic E-state index is 9.80. The molecule has 0 heterocycles. The summed E-state index contributed by atoms with van der Waals surface area (Å²) in [4.78, 5) is 0. The van der Waals surface area contributed by atoms with E-state index in [9.17, 15) is 15.8 Å². The van der Waals surface area contributed by atoms with Gasteiger partial charge in [-0.2, -0.15) is 15.8 Å². The lowest BCUT2D eigenvalue weighted by molar-refractivity contribution is 0.475. The number of nitriles is 3. The molecular formula is C20H14N4. The van der Waals surface area contributed by atoms with Crippen LogP contribution in [0.4, 0.5) is 0 Å². The summed E-state index contributed by atoms with van der Waals surface area (Å²) in [7, 11) is 0. The normalized spacial score (nSPS) is 21.5. The molecule has 4 heteroatoms. The first-order valence-electron chi connectivity index (χ1n) is 7.52. The molecule has 4 nitrogen and oxygen atoms in total. The Morgan fingerprint density at radius 3 is 1.75 bits per heavy atom. The average Bonchev–Trinajstić information content (AvgIpc) is 2.91. The first-order valence-corrected chi connectivity index (χ1v) is 7.52. The standard InChI is InChI=1S/C20H14N4/c21-11-16-17(14-7-3-1-4-8-14)18(15-9-5-2-6-10-15)20(12-22,13-23)19(16)24/h1-10,17-18H,24H2/t17-,18?/m1/s1. The summed E-state index contributed by atoms with van der Waals surface area (Å²) in [5.41, 5.74) is 6.68. The van der Waals surface area contributed by atoms with Crippen molar-refractivity contribution < 1.29 is 0 Å². The van der Waals surface area contributed by atoms with E-state index < -0.39 is 17.3 Å². The summed E-state index contributed by atoms with van der Waals surface area (Å²) in [6.45, 7) is 0. The molecule has 114 valence electrons. The highest BCUT2D eigenvalue weighted by molar-refractivity contribution is 5.58. The molecule has 0 radical (unpaired) electrons. The first kappa shape index (κ1) is 15.3. The highest BCUT2D eigenvalue weighted by atomic mass is 14.7. The zero-order chi connectivity index (χ0) is 17.2. The number of nitrogens with two attached hydrogens (primary N) is 1. The van der Waals surface area contributed by atoms with E-state index in [-0.39, 0.29) is 5.70 Å². The second kappa shape index (κ2) is 5.92. The molecule has 0 bridgehead atoms. The molecule has 1 unspecified atom stereocenters. The third-order valence-corrected chi connectivity index (χ3v) is 4.62. The minimum Gasteiger partial charge on any atom is -0.399 e. The number of allylic oxidation sites excluding steroid dienone is 2. The number of rotatable bonds is 2. The molecule has 1 aliphatic carbocycles. The molecule has 2 aromatic rings. The van der Waals surface area contributed by atoms with Gasteiger partial charge in [-0.05, 0) is 11.1 Å². The lowest BCUT2D eigenvalue weighted by Crippen LogP contribution is -2.29. The molecule has 0 amide bonds. The van der Waals surface area contributed by atoms with Crippen molar-refractivity contribution in [3.8, 4) is 18.2 Å². The highest BCUT2D eigenvalue weighted by Crippen LogP contribution is 2.57. The maximum Gasteiger partial charge on any atom is 0.191 e. The monoisotopic (exact) mass is 310 g/mol. The molecule has 0 saturated carbocycles. The van der Waals surface area contributed by atoms with Crippen molar-refractivity contribution in [3.63, 3.8) is 0 Å². The van der Waals surface area contributed by atoms with Crippen LogP contribution in [-0.2, 0) is 0 Å². The van der Waals surface area contributed by atoms with Crippen LogP contribution in [-0.4, -0.2) is 0 Å². The van der Waals surface area contributed by atoms with Crippen molar-refractivity contribution in [1.29, 1.82) is 15.8 Å². The van der Waals surface area contributed by atoms with Crippen molar-refractivity contribution in [2.24, 2.45) is 11.1 Å². The van der Waals surface area contributed by atoms with Gasteiger partial charge in [0.2, 0.25) is 0 Å². The summed E-state index contributed by atoms with van der Waals surface area (Å²) in [5.74, 6) is -0.941. The lowest BCUT2D eigenvalue weighted by Gasteiger charge is -2.28. The van der Waals surface area contributed by atoms with Crippen LogP contribution in [0.25, 0.3) is 0 Å². The molecule has 0 aliphatic heterocycles. The van der Waals surface area contributed by atoms with Gasteiger partial charge < -0.3 is 5.73 Å². The second-order valence-corrected chi connectivity index (χ2v) is 5.75. The molecule has 0 spiro atoms. The van der Waals surface area contributed by atoms with E-state index in [1.165, 1.54) is 0 Å². The zero-order valence-corrected chi connectivity index (χ0v) is 12.8. The van der Waals surface area contributed by atoms with Gasteiger partial charge in [0.15, 0.2) is 5.41 Å². The van der Waals surface area contributed by atoms with E-state index >= 15 is 0 Å². The number of nitrogens with zero attached hydrogens (tertiary/aromatic N) is 3. The minimum atomic E-state index is -1.55. The Balaban J connectivity index is 2.31. The zero-order valence-electron chi connectivity index (χ0n) is 12.8. The summed E-state index contributed by atoms with van der Waals surface area (Å²) in [6, 6.07) is 25.1. The van der Waals surface area contributed by atoms with Crippen LogP contribution >= 0.6 is 0 Å². The SMILES string of the molecule is N#CC1=C(N)C(C#N)(C#N)C(c2ccccc2)[C@@H]1c1ccccc1. The molecular weight excluding hydrogens is 296 g/mol. The molecule has 0 saturated heterocycles. The molecule has 2 aromatic carbocycles. The maximum atomic E-state index is 9.80. The molecule has 3 rings (SSSR count). The average molecular weight is 310 g/mol. The van der Waals surface area contributed by atoms with Gasteiger partial charge in [-0.15, -0.1) is 0 Å². The smallest absolute Gasteiger partial charge is 0.191 e. The van der Waals surface area contributed by atoms with Crippen molar-refractivity contribution in [2.45, 2.75) is 11.8 Å². The summed E-state index contributed by atoms with van der Waals surface area (Å²) in [6.07, 6.45) is 0.